The molecule has 0 N–H and O–H groups in total. The molecule has 0 bridgehead atoms. The van der Waals surface area contributed by atoms with E-state index in [0.717, 1.165) is 12.0 Å². The molecule has 0 atom stereocenters. The van der Waals surface area contributed by atoms with Crippen LogP contribution < -0.4 is 9.47 Å². The first-order valence-electron chi connectivity index (χ1n) is 4.13. The van der Waals surface area contributed by atoms with Crippen LogP contribution in [-0.4, -0.2) is 14.2 Å². The normalized spacial score (nSPS) is 9.85. The largest absolute Gasteiger partial charge is 0.496 e. The van der Waals surface area contributed by atoms with Crippen LogP contribution in [0.5, 0.6) is 11.5 Å². The summed E-state index contributed by atoms with van der Waals surface area (Å²) in [6.45, 7) is 1.97. The molecule has 1 aromatic carbocycles. The summed E-state index contributed by atoms with van der Waals surface area (Å²) >= 11 is 0. The Morgan fingerprint density at radius 2 is 1.62 bits per heavy atom. The van der Waals surface area contributed by atoms with Crippen molar-refractivity contribution in [2.45, 2.75) is 13.3 Å². The Morgan fingerprint density at radius 1 is 1.15 bits per heavy atom. The van der Waals surface area contributed by atoms with Crippen LogP contribution >= 0.6 is 0 Å². The Hall–Kier alpha value is -1.25. The Labute approximate surface area is 77.3 Å². The van der Waals surface area contributed by atoms with Crippen molar-refractivity contribution in [3.8, 4) is 11.5 Å². The molecule has 0 aromatic heterocycles. The van der Waals surface area contributed by atoms with Crippen LogP contribution in [0.25, 0.3) is 0 Å². The molecule has 0 unspecified atom stereocenters. The first-order chi connectivity index (χ1) is 6.22. The zero-order chi connectivity index (χ0) is 9.84. The van der Waals surface area contributed by atoms with Crippen molar-refractivity contribution in [1.82, 2.24) is 0 Å². The second-order valence-electron chi connectivity index (χ2n) is 2.64. The maximum Gasteiger partial charge on any atom is 0.130 e. The minimum Gasteiger partial charge on any atom is -0.496 e. The molecule has 0 saturated carbocycles. The van der Waals surface area contributed by atoms with E-state index in [9.17, 15) is 4.39 Å². The van der Waals surface area contributed by atoms with E-state index < -0.39 is 0 Å². The highest BCUT2D eigenvalue weighted by molar-refractivity contribution is 5.45. The lowest BCUT2D eigenvalue weighted by Crippen LogP contribution is -1.96. The van der Waals surface area contributed by atoms with E-state index >= 15 is 0 Å². The topological polar surface area (TPSA) is 18.5 Å². The van der Waals surface area contributed by atoms with Gasteiger partial charge in [0.1, 0.15) is 17.3 Å². The highest BCUT2D eigenvalue weighted by atomic mass is 19.1. The zero-order valence-electron chi connectivity index (χ0n) is 8.06. The molecule has 13 heavy (non-hydrogen) atoms. The maximum atomic E-state index is 13.0. The third-order valence-corrected chi connectivity index (χ3v) is 1.93. The van der Waals surface area contributed by atoms with E-state index in [1.165, 1.54) is 26.4 Å². The Bertz CT molecular complexity index is 272. The van der Waals surface area contributed by atoms with Crippen molar-refractivity contribution in [1.29, 1.82) is 0 Å². The lowest BCUT2D eigenvalue weighted by atomic mass is 10.1. The van der Waals surface area contributed by atoms with Gasteiger partial charge in [0.05, 0.1) is 14.2 Å². The van der Waals surface area contributed by atoms with Gasteiger partial charge in [-0.05, 0) is 6.42 Å². The van der Waals surface area contributed by atoms with Gasteiger partial charge in [0.25, 0.3) is 0 Å². The molecule has 0 aliphatic rings. The zero-order valence-corrected chi connectivity index (χ0v) is 8.06. The van der Waals surface area contributed by atoms with E-state index in [2.05, 4.69) is 0 Å². The first-order valence-corrected chi connectivity index (χ1v) is 4.13. The van der Waals surface area contributed by atoms with Crippen LogP contribution in [0.15, 0.2) is 12.1 Å². The fourth-order valence-corrected chi connectivity index (χ4v) is 1.30. The summed E-state index contributed by atoms with van der Waals surface area (Å²) in [5, 5.41) is 0. The van der Waals surface area contributed by atoms with Gasteiger partial charge in [-0.15, -0.1) is 0 Å². The Morgan fingerprint density at radius 3 is 1.92 bits per heavy atom. The van der Waals surface area contributed by atoms with E-state index in [1.807, 2.05) is 6.92 Å². The predicted molar refractivity (Wildman–Crippen MR) is 48.9 cm³/mol. The molecule has 0 spiro atoms. The molecule has 2 nitrogen and oxygen atoms in total. The second-order valence-corrected chi connectivity index (χ2v) is 2.64. The second kappa shape index (κ2) is 4.12. The molecular weight excluding hydrogens is 171 g/mol. The lowest BCUT2D eigenvalue weighted by molar-refractivity contribution is 0.380. The molecule has 0 radical (unpaired) electrons. The molecular formula is C10H13FO2. The third kappa shape index (κ3) is 1.91. The van der Waals surface area contributed by atoms with E-state index in [-0.39, 0.29) is 5.82 Å². The van der Waals surface area contributed by atoms with Crippen molar-refractivity contribution in [2.75, 3.05) is 14.2 Å². The van der Waals surface area contributed by atoms with Gasteiger partial charge >= 0.3 is 0 Å². The van der Waals surface area contributed by atoms with Crippen molar-refractivity contribution in [2.24, 2.45) is 0 Å². The number of ether oxygens (including phenoxy) is 2. The van der Waals surface area contributed by atoms with Crippen LogP contribution in [0, 0.1) is 5.82 Å². The SMILES string of the molecule is CCc1c(OC)cc(F)cc1OC. The van der Waals surface area contributed by atoms with Crippen LogP contribution in [0.3, 0.4) is 0 Å². The number of methoxy groups -OCH3 is 2. The Kier molecular flexibility index (Phi) is 3.12. The standard InChI is InChI=1S/C10H13FO2/c1-4-8-9(12-2)5-7(11)6-10(8)13-3/h5-6H,4H2,1-3H3. The molecule has 3 heteroatoms. The molecule has 1 rings (SSSR count). The molecule has 1 aromatic rings. The smallest absolute Gasteiger partial charge is 0.130 e. The highest BCUT2D eigenvalue weighted by Crippen LogP contribution is 2.29. The maximum absolute atomic E-state index is 13.0. The van der Waals surface area contributed by atoms with Crippen LogP contribution in [0.1, 0.15) is 12.5 Å². The summed E-state index contributed by atoms with van der Waals surface area (Å²) in [4.78, 5) is 0. The van der Waals surface area contributed by atoms with Gasteiger partial charge < -0.3 is 9.47 Å². The van der Waals surface area contributed by atoms with Crippen LogP contribution in [0.4, 0.5) is 4.39 Å². The Balaban J connectivity index is 3.25. The molecule has 0 aliphatic carbocycles. The third-order valence-electron chi connectivity index (χ3n) is 1.93. The summed E-state index contributed by atoms with van der Waals surface area (Å²) in [5.41, 5.74) is 0.895. The van der Waals surface area contributed by atoms with E-state index in [4.69, 9.17) is 9.47 Å². The number of rotatable bonds is 3. The minimum absolute atomic E-state index is 0.342. The number of halogens is 1. The fourth-order valence-electron chi connectivity index (χ4n) is 1.30. The lowest BCUT2D eigenvalue weighted by Gasteiger charge is -2.11. The quantitative estimate of drug-likeness (QED) is 0.718. The van der Waals surface area contributed by atoms with Gasteiger partial charge in [0, 0.05) is 17.7 Å². The van der Waals surface area contributed by atoms with Crippen LogP contribution in [-0.2, 0) is 6.42 Å². The number of hydrogen-bond donors (Lipinski definition) is 0. The van der Waals surface area contributed by atoms with Gasteiger partial charge in [-0.2, -0.15) is 0 Å². The highest BCUT2D eigenvalue weighted by Gasteiger charge is 2.10. The summed E-state index contributed by atoms with van der Waals surface area (Å²) in [6.07, 6.45) is 0.757. The van der Waals surface area contributed by atoms with E-state index in [0.29, 0.717) is 11.5 Å². The fraction of sp³-hybridized carbons (Fsp3) is 0.400. The molecule has 0 amide bonds. The summed E-state index contributed by atoms with van der Waals surface area (Å²) in [7, 11) is 3.04. The molecule has 0 heterocycles. The molecule has 72 valence electrons. The van der Waals surface area contributed by atoms with Crippen molar-refractivity contribution in [3.05, 3.63) is 23.5 Å². The summed E-state index contributed by atoms with van der Waals surface area (Å²) in [6, 6.07) is 2.72. The number of hydrogen-bond acceptors (Lipinski definition) is 2. The van der Waals surface area contributed by atoms with E-state index in [1.54, 1.807) is 0 Å². The van der Waals surface area contributed by atoms with Crippen molar-refractivity contribution in [3.63, 3.8) is 0 Å². The number of benzene rings is 1. The van der Waals surface area contributed by atoms with Gasteiger partial charge in [-0.25, -0.2) is 4.39 Å². The average molecular weight is 184 g/mol. The average Bonchev–Trinajstić information content (AvgIpc) is 2.16. The first kappa shape index (κ1) is 9.84. The molecule has 0 aliphatic heterocycles. The van der Waals surface area contributed by atoms with Gasteiger partial charge in [-0.1, -0.05) is 6.92 Å². The summed E-state index contributed by atoms with van der Waals surface area (Å²) < 4.78 is 23.0. The monoisotopic (exact) mass is 184 g/mol. The van der Waals surface area contributed by atoms with Gasteiger partial charge in [-0.3, -0.25) is 0 Å². The van der Waals surface area contributed by atoms with Crippen LogP contribution in [0.2, 0.25) is 0 Å². The van der Waals surface area contributed by atoms with Crippen molar-refractivity contribution < 1.29 is 13.9 Å². The van der Waals surface area contributed by atoms with Crippen molar-refractivity contribution >= 4 is 0 Å². The van der Waals surface area contributed by atoms with Gasteiger partial charge in [0.15, 0.2) is 0 Å². The molecule has 0 fully saturated rings. The predicted octanol–water partition coefficient (Wildman–Crippen LogP) is 2.41. The van der Waals surface area contributed by atoms with Gasteiger partial charge in [0.2, 0.25) is 0 Å². The molecule has 0 saturated heterocycles. The minimum atomic E-state index is -0.342. The summed E-state index contributed by atoms with van der Waals surface area (Å²) in [5.74, 6) is 0.740.